The molecule has 1 atom stereocenters. The van der Waals surface area contributed by atoms with Gasteiger partial charge in [0.05, 0.1) is 17.6 Å². The van der Waals surface area contributed by atoms with Crippen LogP contribution in [0.5, 0.6) is 0 Å². The van der Waals surface area contributed by atoms with Gasteiger partial charge in [0, 0.05) is 19.1 Å². The third kappa shape index (κ3) is 4.44. The summed E-state index contributed by atoms with van der Waals surface area (Å²) in [5, 5.41) is 3.20. The van der Waals surface area contributed by atoms with Crippen LogP contribution in [0.15, 0.2) is 29.2 Å². The Morgan fingerprint density at radius 1 is 1.35 bits per heavy atom. The quantitative estimate of drug-likeness (QED) is 0.779. The second kappa shape index (κ2) is 8.63. The van der Waals surface area contributed by atoms with Gasteiger partial charge in [0.2, 0.25) is 10.0 Å². The third-order valence-electron chi connectivity index (χ3n) is 3.77. The van der Waals surface area contributed by atoms with Gasteiger partial charge >= 0.3 is 5.97 Å². The smallest absolute Gasteiger partial charge is 0.337 e. The molecule has 1 unspecified atom stereocenters. The number of halogens is 1. The van der Waals surface area contributed by atoms with Gasteiger partial charge in [-0.3, -0.25) is 0 Å². The van der Waals surface area contributed by atoms with Crippen molar-refractivity contribution in [2.24, 2.45) is 0 Å². The van der Waals surface area contributed by atoms with E-state index in [1.807, 2.05) is 6.92 Å². The molecule has 8 heteroatoms. The molecule has 1 aliphatic rings. The van der Waals surface area contributed by atoms with Crippen molar-refractivity contribution in [3.05, 3.63) is 29.8 Å². The molecule has 0 aromatic heterocycles. The van der Waals surface area contributed by atoms with Crippen molar-refractivity contribution in [3.63, 3.8) is 0 Å². The van der Waals surface area contributed by atoms with Gasteiger partial charge in [-0.25, -0.2) is 13.2 Å². The molecule has 1 heterocycles. The second-order valence-electron chi connectivity index (χ2n) is 5.28. The number of hydrogen-bond donors (Lipinski definition) is 1. The lowest BCUT2D eigenvalue weighted by Gasteiger charge is -2.27. The van der Waals surface area contributed by atoms with Gasteiger partial charge in [0.25, 0.3) is 0 Å². The van der Waals surface area contributed by atoms with Crippen LogP contribution in [0, 0.1) is 0 Å². The molecule has 0 saturated carbocycles. The first kappa shape index (κ1) is 19.9. The van der Waals surface area contributed by atoms with Crippen molar-refractivity contribution in [1.82, 2.24) is 9.62 Å². The summed E-state index contributed by atoms with van der Waals surface area (Å²) in [6, 6.07) is 5.88. The molecular formula is C15H23ClN2O4S. The number of hydrogen-bond acceptors (Lipinski definition) is 5. The van der Waals surface area contributed by atoms with E-state index in [2.05, 4.69) is 10.1 Å². The number of nitrogens with one attached hydrogen (secondary N) is 1. The number of rotatable bonds is 6. The van der Waals surface area contributed by atoms with Crippen LogP contribution in [0.25, 0.3) is 0 Å². The average molecular weight is 363 g/mol. The zero-order chi connectivity index (χ0) is 16.2. The van der Waals surface area contributed by atoms with E-state index >= 15 is 0 Å². The zero-order valence-corrected chi connectivity index (χ0v) is 15.0. The van der Waals surface area contributed by atoms with E-state index in [9.17, 15) is 13.2 Å². The van der Waals surface area contributed by atoms with Crippen LogP contribution in [0.3, 0.4) is 0 Å². The Hall–Kier alpha value is -1.15. The molecule has 1 saturated heterocycles. The molecule has 0 spiro atoms. The average Bonchev–Trinajstić information content (AvgIpc) is 3.05. The highest BCUT2D eigenvalue weighted by atomic mass is 35.5. The summed E-state index contributed by atoms with van der Waals surface area (Å²) in [4.78, 5) is 11.6. The molecule has 0 radical (unpaired) electrons. The molecule has 23 heavy (non-hydrogen) atoms. The largest absolute Gasteiger partial charge is 0.465 e. The summed E-state index contributed by atoms with van der Waals surface area (Å²) >= 11 is 0. The van der Waals surface area contributed by atoms with Gasteiger partial charge in [-0.1, -0.05) is 6.92 Å². The molecule has 130 valence electrons. The number of carbonyl (C=O) groups excluding carboxylic acids is 1. The minimum absolute atomic E-state index is 0. The minimum atomic E-state index is -3.55. The van der Waals surface area contributed by atoms with E-state index in [-0.39, 0.29) is 23.3 Å². The summed E-state index contributed by atoms with van der Waals surface area (Å²) in [5.41, 5.74) is 0.339. The van der Waals surface area contributed by atoms with Crippen molar-refractivity contribution >= 4 is 28.4 Å². The van der Waals surface area contributed by atoms with Crippen LogP contribution < -0.4 is 5.32 Å². The molecule has 1 fully saturated rings. The first-order valence-corrected chi connectivity index (χ1v) is 8.85. The highest BCUT2D eigenvalue weighted by Gasteiger charge is 2.32. The van der Waals surface area contributed by atoms with Crippen LogP contribution in [-0.4, -0.2) is 51.5 Å². The fraction of sp³-hybridized carbons (Fsp3) is 0.533. The van der Waals surface area contributed by atoms with Gasteiger partial charge in [0.1, 0.15) is 0 Å². The fourth-order valence-corrected chi connectivity index (χ4v) is 4.37. The molecule has 0 amide bonds. The first-order valence-electron chi connectivity index (χ1n) is 7.41. The van der Waals surface area contributed by atoms with Crippen molar-refractivity contribution in [2.45, 2.75) is 30.7 Å². The predicted octanol–water partition coefficient (Wildman–Crippen LogP) is 1.66. The van der Waals surface area contributed by atoms with Gasteiger partial charge < -0.3 is 10.1 Å². The predicted molar refractivity (Wildman–Crippen MR) is 90.5 cm³/mol. The van der Waals surface area contributed by atoms with E-state index in [0.29, 0.717) is 18.7 Å². The molecule has 0 aliphatic carbocycles. The maximum Gasteiger partial charge on any atom is 0.337 e. The van der Waals surface area contributed by atoms with Crippen LogP contribution in [0.4, 0.5) is 0 Å². The molecule has 1 N–H and O–H groups in total. The molecule has 2 rings (SSSR count). The highest BCUT2D eigenvalue weighted by molar-refractivity contribution is 7.89. The Balaban J connectivity index is 0.00000264. The minimum Gasteiger partial charge on any atom is -0.465 e. The number of methoxy groups -OCH3 is 1. The molecule has 0 bridgehead atoms. The molecular weight excluding hydrogens is 340 g/mol. The summed E-state index contributed by atoms with van der Waals surface area (Å²) in [6.07, 6.45) is 1.58. The Morgan fingerprint density at radius 3 is 2.48 bits per heavy atom. The highest BCUT2D eigenvalue weighted by Crippen LogP contribution is 2.22. The van der Waals surface area contributed by atoms with Crippen molar-refractivity contribution in [2.75, 3.05) is 26.7 Å². The molecule has 1 aromatic carbocycles. The summed E-state index contributed by atoms with van der Waals surface area (Å²) in [7, 11) is -2.26. The molecule has 6 nitrogen and oxygen atoms in total. The fourth-order valence-electron chi connectivity index (χ4n) is 2.62. The van der Waals surface area contributed by atoms with Gasteiger partial charge in [-0.2, -0.15) is 4.31 Å². The molecule has 1 aliphatic heterocycles. The third-order valence-corrected chi connectivity index (χ3v) is 5.73. The van der Waals surface area contributed by atoms with Crippen LogP contribution in [-0.2, 0) is 14.8 Å². The SMILES string of the molecule is CCCN(C1CCNC1)S(=O)(=O)c1ccc(C(=O)OC)cc1.Cl. The van der Waals surface area contributed by atoms with Crippen LogP contribution in [0.2, 0.25) is 0 Å². The lowest BCUT2D eigenvalue weighted by atomic mass is 10.2. The summed E-state index contributed by atoms with van der Waals surface area (Å²) < 4.78 is 31.9. The van der Waals surface area contributed by atoms with Gasteiger partial charge in [-0.15, -0.1) is 12.4 Å². The zero-order valence-electron chi connectivity index (χ0n) is 13.3. The summed E-state index contributed by atoms with van der Waals surface area (Å²) in [5.74, 6) is -0.477. The number of carbonyl (C=O) groups is 1. The Morgan fingerprint density at radius 2 is 2.00 bits per heavy atom. The van der Waals surface area contributed by atoms with E-state index in [4.69, 9.17) is 0 Å². The van der Waals surface area contributed by atoms with E-state index in [1.165, 1.54) is 31.4 Å². The second-order valence-corrected chi connectivity index (χ2v) is 7.17. The van der Waals surface area contributed by atoms with Crippen LogP contribution >= 0.6 is 12.4 Å². The number of benzene rings is 1. The monoisotopic (exact) mass is 362 g/mol. The number of sulfonamides is 1. The summed E-state index contributed by atoms with van der Waals surface area (Å²) in [6.45, 7) is 3.97. The maximum absolute atomic E-state index is 12.8. The lowest BCUT2D eigenvalue weighted by molar-refractivity contribution is 0.0600. The maximum atomic E-state index is 12.8. The normalized spacial score (nSPS) is 17.8. The van der Waals surface area contributed by atoms with E-state index in [0.717, 1.165) is 19.4 Å². The number of ether oxygens (including phenoxy) is 1. The molecule has 1 aromatic rings. The first-order chi connectivity index (χ1) is 10.5. The van der Waals surface area contributed by atoms with Crippen LogP contribution in [0.1, 0.15) is 30.1 Å². The standard InChI is InChI=1S/C15H22N2O4S.ClH/c1-3-10-17(13-8-9-16-11-13)22(19,20)14-6-4-12(5-7-14)15(18)21-2;/h4-7,13,16H,3,8-11H2,1-2H3;1H. The van der Waals surface area contributed by atoms with E-state index in [1.54, 1.807) is 4.31 Å². The van der Waals surface area contributed by atoms with Gasteiger partial charge in [-0.05, 0) is 43.7 Å². The number of esters is 1. The Kier molecular flexibility index (Phi) is 7.47. The van der Waals surface area contributed by atoms with Crippen molar-refractivity contribution < 1.29 is 17.9 Å². The van der Waals surface area contributed by atoms with E-state index < -0.39 is 16.0 Å². The Bertz CT molecular complexity index is 613. The van der Waals surface area contributed by atoms with Crippen molar-refractivity contribution in [1.29, 1.82) is 0 Å². The van der Waals surface area contributed by atoms with Crippen molar-refractivity contribution in [3.8, 4) is 0 Å². The Labute approximate surface area is 143 Å². The lowest BCUT2D eigenvalue weighted by Crippen LogP contribution is -2.42. The van der Waals surface area contributed by atoms with Gasteiger partial charge in [0.15, 0.2) is 0 Å². The topological polar surface area (TPSA) is 75.7 Å². The number of nitrogens with zero attached hydrogens (tertiary/aromatic N) is 1.